The Morgan fingerprint density at radius 1 is 1.25 bits per heavy atom. The molecule has 2 saturated carbocycles. The molecule has 3 fully saturated rings. The second-order valence-corrected chi connectivity index (χ2v) is 6.39. The standard InChI is InChI=1S/C14H22N2O4/c1-16(12-7-20-6-10(12)13(17)18)14(19)15-11-5-8-2-3-9(11)4-8/h8-12H,2-7H2,1H3,(H,15,19)(H,17,18). The van der Waals surface area contributed by atoms with Crippen LogP contribution < -0.4 is 5.32 Å². The lowest BCUT2D eigenvalue weighted by Crippen LogP contribution is -2.51. The topological polar surface area (TPSA) is 78.9 Å². The normalized spacial score (nSPS) is 39.0. The number of urea groups is 1. The lowest BCUT2D eigenvalue weighted by molar-refractivity contribution is -0.142. The fourth-order valence-corrected chi connectivity index (χ4v) is 3.99. The molecule has 1 saturated heterocycles. The van der Waals surface area contributed by atoms with Crippen LogP contribution in [0.3, 0.4) is 0 Å². The highest BCUT2D eigenvalue weighted by molar-refractivity contribution is 5.77. The minimum Gasteiger partial charge on any atom is -0.481 e. The van der Waals surface area contributed by atoms with Crippen molar-refractivity contribution in [2.75, 3.05) is 20.3 Å². The lowest BCUT2D eigenvalue weighted by atomic mass is 9.95. The molecule has 6 heteroatoms. The summed E-state index contributed by atoms with van der Waals surface area (Å²) in [6.45, 7) is 0.489. The second-order valence-electron chi connectivity index (χ2n) is 6.39. The molecule has 112 valence electrons. The van der Waals surface area contributed by atoms with Crippen LogP contribution in [0.2, 0.25) is 0 Å². The van der Waals surface area contributed by atoms with Crippen LogP contribution in [-0.2, 0) is 9.53 Å². The smallest absolute Gasteiger partial charge is 0.317 e. The molecule has 0 aromatic rings. The number of ether oxygens (including phenoxy) is 1. The van der Waals surface area contributed by atoms with E-state index >= 15 is 0 Å². The van der Waals surface area contributed by atoms with Gasteiger partial charge in [-0.05, 0) is 31.1 Å². The number of likely N-dealkylation sites (N-methyl/N-ethyl adjacent to an activating group) is 1. The molecule has 0 spiro atoms. The van der Waals surface area contributed by atoms with Crippen molar-refractivity contribution in [2.24, 2.45) is 17.8 Å². The van der Waals surface area contributed by atoms with Gasteiger partial charge in [0.05, 0.1) is 19.3 Å². The highest BCUT2D eigenvalue weighted by atomic mass is 16.5. The van der Waals surface area contributed by atoms with Crippen LogP contribution in [0.15, 0.2) is 0 Å². The van der Waals surface area contributed by atoms with Crippen LogP contribution in [-0.4, -0.2) is 54.4 Å². The molecule has 1 heterocycles. The van der Waals surface area contributed by atoms with Gasteiger partial charge < -0.3 is 20.1 Å². The number of nitrogens with zero attached hydrogens (tertiary/aromatic N) is 1. The first-order valence-electron chi connectivity index (χ1n) is 7.40. The molecule has 0 aromatic carbocycles. The maximum absolute atomic E-state index is 12.3. The average Bonchev–Trinajstić information content (AvgIpc) is 3.13. The van der Waals surface area contributed by atoms with E-state index in [4.69, 9.17) is 9.84 Å². The van der Waals surface area contributed by atoms with Gasteiger partial charge in [-0.1, -0.05) is 6.42 Å². The van der Waals surface area contributed by atoms with E-state index in [0.717, 1.165) is 12.3 Å². The SMILES string of the molecule is CN(C(=O)NC1CC2CCC1C2)C1COCC1C(=O)O. The number of carbonyl (C=O) groups excluding carboxylic acids is 1. The van der Waals surface area contributed by atoms with Gasteiger partial charge in [0.1, 0.15) is 5.92 Å². The van der Waals surface area contributed by atoms with Gasteiger partial charge in [0.25, 0.3) is 0 Å². The summed E-state index contributed by atoms with van der Waals surface area (Å²) in [7, 11) is 1.66. The molecular weight excluding hydrogens is 260 g/mol. The summed E-state index contributed by atoms with van der Waals surface area (Å²) >= 11 is 0. The van der Waals surface area contributed by atoms with E-state index in [1.54, 1.807) is 7.05 Å². The summed E-state index contributed by atoms with van der Waals surface area (Å²) < 4.78 is 5.22. The summed E-state index contributed by atoms with van der Waals surface area (Å²) in [4.78, 5) is 25.0. The van der Waals surface area contributed by atoms with Crippen molar-refractivity contribution < 1.29 is 19.4 Å². The second kappa shape index (κ2) is 5.24. The van der Waals surface area contributed by atoms with Crippen LogP contribution in [0.25, 0.3) is 0 Å². The summed E-state index contributed by atoms with van der Waals surface area (Å²) in [6.07, 6.45) is 4.82. The van der Waals surface area contributed by atoms with Crippen molar-refractivity contribution in [3.63, 3.8) is 0 Å². The Bertz CT molecular complexity index is 414. The maximum Gasteiger partial charge on any atom is 0.317 e. The number of hydrogen-bond donors (Lipinski definition) is 2. The summed E-state index contributed by atoms with van der Waals surface area (Å²) in [5, 5.41) is 12.2. The number of hydrogen-bond acceptors (Lipinski definition) is 3. The Morgan fingerprint density at radius 2 is 2.05 bits per heavy atom. The third-order valence-corrected chi connectivity index (χ3v) is 5.23. The Hall–Kier alpha value is -1.30. The predicted octanol–water partition coefficient (Wildman–Crippen LogP) is 0.916. The van der Waals surface area contributed by atoms with Gasteiger partial charge in [-0.2, -0.15) is 0 Å². The Morgan fingerprint density at radius 3 is 2.65 bits per heavy atom. The largest absolute Gasteiger partial charge is 0.481 e. The summed E-state index contributed by atoms with van der Waals surface area (Å²) in [5.41, 5.74) is 0. The van der Waals surface area contributed by atoms with Crippen molar-refractivity contribution in [3.05, 3.63) is 0 Å². The molecule has 0 radical (unpaired) electrons. The molecule has 0 aromatic heterocycles. The molecule has 2 N–H and O–H groups in total. The molecule has 2 amide bonds. The zero-order chi connectivity index (χ0) is 14.3. The van der Waals surface area contributed by atoms with E-state index in [1.807, 2.05) is 0 Å². The predicted molar refractivity (Wildman–Crippen MR) is 71.3 cm³/mol. The molecule has 3 rings (SSSR count). The van der Waals surface area contributed by atoms with Crippen LogP contribution in [0.4, 0.5) is 4.79 Å². The van der Waals surface area contributed by atoms with Gasteiger partial charge >= 0.3 is 12.0 Å². The van der Waals surface area contributed by atoms with E-state index in [-0.39, 0.29) is 24.7 Å². The van der Waals surface area contributed by atoms with Crippen molar-refractivity contribution >= 4 is 12.0 Å². The number of carboxylic acid groups (broad SMARTS) is 1. The quantitative estimate of drug-likeness (QED) is 0.806. The molecule has 3 aliphatic rings. The van der Waals surface area contributed by atoms with Crippen molar-refractivity contribution in [1.29, 1.82) is 0 Å². The molecule has 2 aliphatic carbocycles. The van der Waals surface area contributed by atoms with Gasteiger partial charge in [0.2, 0.25) is 0 Å². The third kappa shape index (κ3) is 2.37. The van der Waals surface area contributed by atoms with Gasteiger partial charge in [-0.15, -0.1) is 0 Å². The van der Waals surface area contributed by atoms with Crippen molar-refractivity contribution in [3.8, 4) is 0 Å². The zero-order valence-electron chi connectivity index (χ0n) is 11.7. The number of carbonyl (C=O) groups is 2. The molecule has 6 nitrogen and oxygen atoms in total. The van der Waals surface area contributed by atoms with Crippen molar-refractivity contribution in [2.45, 2.75) is 37.8 Å². The number of amides is 2. The number of fused-ring (bicyclic) bond motifs is 2. The third-order valence-electron chi connectivity index (χ3n) is 5.23. The van der Waals surface area contributed by atoms with Gasteiger partial charge in [-0.25, -0.2) is 4.79 Å². The molecule has 2 bridgehead atoms. The molecule has 5 unspecified atom stereocenters. The highest BCUT2D eigenvalue weighted by Crippen LogP contribution is 2.44. The molecule has 5 atom stereocenters. The zero-order valence-corrected chi connectivity index (χ0v) is 11.7. The fourth-order valence-electron chi connectivity index (χ4n) is 3.99. The van der Waals surface area contributed by atoms with Gasteiger partial charge in [0, 0.05) is 13.1 Å². The van der Waals surface area contributed by atoms with E-state index in [2.05, 4.69) is 5.32 Å². The van der Waals surface area contributed by atoms with E-state index in [9.17, 15) is 9.59 Å². The molecule has 1 aliphatic heterocycles. The lowest BCUT2D eigenvalue weighted by Gasteiger charge is -2.30. The maximum atomic E-state index is 12.3. The van der Waals surface area contributed by atoms with Gasteiger partial charge in [-0.3, -0.25) is 4.79 Å². The Kier molecular flexibility index (Phi) is 3.58. The van der Waals surface area contributed by atoms with Crippen LogP contribution in [0.5, 0.6) is 0 Å². The van der Waals surface area contributed by atoms with Crippen LogP contribution in [0.1, 0.15) is 25.7 Å². The summed E-state index contributed by atoms with van der Waals surface area (Å²) in [6, 6.07) is -0.260. The molecular formula is C14H22N2O4. The van der Waals surface area contributed by atoms with Gasteiger partial charge in [0.15, 0.2) is 0 Å². The summed E-state index contributed by atoms with van der Waals surface area (Å²) in [5.74, 6) is -0.123. The van der Waals surface area contributed by atoms with E-state index < -0.39 is 11.9 Å². The Balaban J connectivity index is 1.58. The Labute approximate surface area is 118 Å². The first-order valence-corrected chi connectivity index (χ1v) is 7.40. The van der Waals surface area contributed by atoms with Crippen LogP contribution >= 0.6 is 0 Å². The minimum absolute atomic E-state index is 0.163. The minimum atomic E-state index is -0.896. The highest BCUT2D eigenvalue weighted by Gasteiger charge is 2.42. The number of aliphatic carboxylic acids is 1. The van der Waals surface area contributed by atoms with Crippen molar-refractivity contribution in [1.82, 2.24) is 10.2 Å². The first kappa shape index (κ1) is 13.7. The van der Waals surface area contributed by atoms with Crippen LogP contribution in [0, 0.1) is 17.8 Å². The number of carboxylic acids is 1. The first-order chi connectivity index (χ1) is 9.56. The number of rotatable bonds is 3. The average molecular weight is 282 g/mol. The van der Waals surface area contributed by atoms with E-state index in [0.29, 0.717) is 12.5 Å². The molecule has 20 heavy (non-hydrogen) atoms. The number of nitrogens with one attached hydrogen (secondary N) is 1. The van der Waals surface area contributed by atoms with E-state index in [1.165, 1.54) is 24.2 Å². The fraction of sp³-hybridized carbons (Fsp3) is 0.857. The monoisotopic (exact) mass is 282 g/mol.